The van der Waals surface area contributed by atoms with Gasteiger partial charge in [-0.2, -0.15) is 0 Å². The third-order valence-corrected chi connectivity index (χ3v) is 6.00. The molecule has 0 unspecified atom stereocenters. The van der Waals surface area contributed by atoms with Gasteiger partial charge in [-0.05, 0) is 29.6 Å². The zero-order valence-electron chi connectivity index (χ0n) is 22.0. The molecule has 172 valence electrons. The van der Waals surface area contributed by atoms with E-state index < -0.39 is 36.5 Å². The average molecular weight is 454 g/mol. The standard InChI is InChI=1S/C25H27N3O5/c29-23-9-8-21(24(30)26-23)28-15-20-19(25(28)31)2-1-3-22(20)33-16-18-6-4-17(5-7-18)14-27-10-12-32-13-11-27/h1-7,21H,8-16H2,(H,26,29,30)/t21-/m1/s1/i8D2,9D2. The summed E-state index contributed by atoms with van der Waals surface area (Å²) in [6.45, 7) is 4.24. The number of amides is 3. The second kappa shape index (κ2) is 9.33. The highest BCUT2D eigenvalue weighted by Crippen LogP contribution is 2.34. The van der Waals surface area contributed by atoms with Gasteiger partial charge in [0.25, 0.3) is 5.91 Å². The van der Waals surface area contributed by atoms with E-state index in [-0.39, 0.29) is 18.7 Å². The van der Waals surface area contributed by atoms with Crippen molar-refractivity contribution in [2.45, 2.75) is 38.5 Å². The van der Waals surface area contributed by atoms with E-state index >= 15 is 0 Å². The molecule has 8 nitrogen and oxygen atoms in total. The molecular formula is C25H27N3O5. The molecule has 8 heteroatoms. The van der Waals surface area contributed by atoms with E-state index in [1.807, 2.05) is 29.6 Å². The van der Waals surface area contributed by atoms with Crippen LogP contribution in [0, 0.1) is 0 Å². The molecule has 2 saturated heterocycles. The second-order valence-electron chi connectivity index (χ2n) is 8.20. The molecule has 33 heavy (non-hydrogen) atoms. The molecule has 3 aliphatic rings. The minimum absolute atomic E-state index is 0.148. The predicted molar refractivity (Wildman–Crippen MR) is 119 cm³/mol. The van der Waals surface area contributed by atoms with E-state index in [1.165, 1.54) is 5.56 Å². The van der Waals surface area contributed by atoms with Gasteiger partial charge in [-0.15, -0.1) is 0 Å². The molecule has 3 amide bonds. The number of fused-ring (bicyclic) bond motifs is 1. The number of carbonyl (C=O) groups is 3. The first-order valence-corrected chi connectivity index (χ1v) is 10.9. The number of carbonyl (C=O) groups excluding carboxylic acids is 3. The topological polar surface area (TPSA) is 88.2 Å². The molecule has 0 spiro atoms. The number of morpholine rings is 1. The van der Waals surface area contributed by atoms with Gasteiger partial charge in [-0.3, -0.25) is 24.6 Å². The van der Waals surface area contributed by atoms with Gasteiger partial charge in [0.05, 0.1) is 19.8 Å². The summed E-state index contributed by atoms with van der Waals surface area (Å²) in [7, 11) is 0. The quantitative estimate of drug-likeness (QED) is 0.672. The van der Waals surface area contributed by atoms with Gasteiger partial charge >= 0.3 is 0 Å². The van der Waals surface area contributed by atoms with E-state index in [0.29, 0.717) is 11.3 Å². The first-order chi connectivity index (χ1) is 17.6. The van der Waals surface area contributed by atoms with Gasteiger partial charge in [-0.25, -0.2) is 0 Å². The Bertz CT molecular complexity index is 1230. The van der Waals surface area contributed by atoms with Crippen molar-refractivity contribution < 1.29 is 29.3 Å². The van der Waals surface area contributed by atoms with Crippen LogP contribution < -0.4 is 10.1 Å². The summed E-state index contributed by atoms with van der Waals surface area (Å²) in [6, 6.07) is 11.1. The molecule has 3 heterocycles. The van der Waals surface area contributed by atoms with Crippen LogP contribution in [-0.4, -0.2) is 59.9 Å². The van der Waals surface area contributed by atoms with Crippen LogP contribution >= 0.6 is 0 Å². The fraction of sp³-hybridized carbons (Fsp3) is 0.400. The van der Waals surface area contributed by atoms with Crippen LogP contribution in [0.4, 0.5) is 0 Å². The highest BCUT2D eigenvalue weighted by atomic mass is 16.5. The number of hydrogen-bond acceptors (Lipinski definition) is 6. The molecule has 0 aromatic heterocycles. The van der Waals surface area contributed by atoms with Gasteiger partial charge in [0, 0.05) is 42.6 Å². The minimum Gasteiger partial charge on any atom is -0.489 e. The van der Waals surface area contributed by atoms with Gasteiger partial charge in [-0.1, -0.05) is 30.3 Å². The van der Waals surface area contributed by atoms with Gasteiger partial charge in [0.1, 0.15) is 18.4 Å². The molecule has 0 saturated carbocycles. The molecule has 2 aromatic carbocycles. The summed E-state index contributed by atoms with van der Waals surface area (Å²) >= 11 is 0. The summed E-state index contributed by atoms with van der Waals surface area (Å²) in [5.74, 6) is -2.61. The number of imide groups is 1. The smallest absolute Gasteiger partial charge is 0.255 e. The summed E-state index contributed by atoms with van der Waals surface area (Å²) in [5, 5.41) is 1.86. The Balaban J connectivity index is 1.29. The van der Waals surface area contributed by atoms with E-state index in [2.05, 4.69) is 4.90 Å². The van der Waals surface area contributed by atoms with Crippen LogP contribution in [0.5, 0.6) is 5.75 Å². The lowest BCUT2D eigenvalue weighted by molar-refractivity contribution is -0.136. The van der Waals surface area contributed by atoms with Crippen LogP contribution in [-0.2, 0) is 34.0 Å². The normalized spacial score (nSPS) is 26.0. The minimum atomic E-state index is -2.99. The van der Waals surface area contributed by atoms with Crippen LogP contribution in [0.1, 0.15) is 45.3 Å². The van der Waals surface area contributed by atoms with E-state index in [1.54, 1.807) is 18.2 Å². The monoisotopic (exact) mass is 453 g/mol. The molecule has 0 aliphatic carbocycles. The number of hydrogen-bond donors (Lipinski definition) is 1. The maximum Gasteiger partial charge on any atom is 0.255 e. The van der Waals surface area contributed by atoms with Crippen molar-refractivity contribution in [1.29, 1.82) is 0 Å². The highest BCUT2D eigenvalue weighted by molar-refractivity contribution is 6.05. The van der Waals surface area contributed by atoms with Crippen LogP contribution in [0.2, 0.25) is 0 Å². The number of benzene rings is 2. The summed E-state index contributed by atoms with van der Waals surface area (Å²) in [5.41, 5.74) is 2.85. The number of rotatable bonds is 6. The average Bonchev–Trinajstić information content (AvgIpc) is 3.19. The SMILES string of the molecule is [2H]C1([2H])C(=O)NC(=O)[C@H](N2Cc3c(OCc4ccc(CN5CCOCC5)cc4)cccc3C2=O)C1([2H])[2H]. The molecule has 0 bridgehead atoms. The lowest BCUT2D eigenvalue weighted by Crippen LogP contribution is -2.52. The Kier molecular flexibility index (Phi) is 4.88. The van der Waals surface area contributed by atoms with Gasteiger partial charge < -0.3 is 14.4 Å². The zero-order valence-corrected chi connectivity index (χ0v) is 18.0. The Labute approximate surface area is 198 Å². The van der Waals surface area contributed by atoms with Crippen molar-refractivity contribution in [2.24, 2.45) is 0 Å². The Morgan fingerprint density at radius 3 is 2.61 bits per heavy atom. The first kappa shape index (κ1) is 17.3. The van der Waals surface area contributed by atoms with Crippen LogP contribution in [0.15, 0.2) is 42.5 Å². The number of nitrogens with one attached hydrogen (secondary N) is 1. The van der Waals surface area contributed by atoms with Crippen molar-refractivity contribution >= 4 is 17.7 Å². The fourth-order valence-electron chi connectivity index (χ4n) is 4.22. The van der Waals surface area contributed by atoms with Gasteiger partial charge in [0.2, 0.25) is 11.8 Å². The third kappa shape index (κ3) is 4.62. The highest BCUT2D eigenvalue weighted by Gasteiger charge is 2.40. The van der Waals surface area contributed by atoms with Crippen LogP contribution in [0.3, 0.4) is 0 Å². The van der Waals surface area contributed by atoms with Crippen molar-refractivity contribution in [3.63, 3.8) is 0 Å². The lowest BCUT2D eigenvalue weighted by atomic mass is 10.0. The molecular weight excluding hydrogens is 422 g/mol. The molecule has 2 aromatic rings. The summed E-state index contributed by atoms with van der Waals surface area (Å²) < 4.78 is 43.7. The van der Waals surface area contributed by atoms with Crippen molar-refractivity contribution in [2.75, 3.05) is 26.3 Å². The number of ether oxygens (including phenoxy) is 2. The number of nitrogens with zero attached hydrogens (tertiary/aromatic N) is 2. The van der Waals surface area contributed by atoms with Crippen molar-refractivity contribution in [1.82, 2.24) is 15.1 Å². The Hall–Kier alpha value is -3.23. The fourth-order valence-corrected chi connectivity index (χ4v) is 4.22. The van der Waals surface area contributed by atoms with E-state index in [9.17, 15) is 14.4 Å². The van der Waals surface area contributed by atoms with Crippen LogP contribution in [0.25, 0.3) is 0 Å². The largest absolute Gasteiger partial charge is 0.489 e. The lowest BCUT2D eigenvalue weighted by Gasteiger charge is -2.29. The third-order valence-electron chi connectivity index (χ3n) is 6.00. The molecule has 1 atom stereocenters. The maximum atomic E-state index is 13.2. The predicted octanol–water partition coefficient (Wildman–Crippen LogP) is 1.86. The van der Waals surface area contributed by atoms with E-state index in [4.69, 9.17) is 15.0 Å². The maximum absolute atomic E-state index is 13.2. The molecule has 2 fully saturated rings. The Morgan fingerprint density at radius 2 is 1.82 bits per heavy atom. The second-order valence-corrected chi connectivity index (χ2v) is 8.20. The summed E-state index contributed by atoms with van der Waals surface area (Å²) in [4.78, 5) is 40.9. The Morgan fingerprint density at radius 1 is 1.06 bits per heavy atom. The molecule has 1 N–H and O–H groups in total. The number of piperidine rings is 1. The molecule has 0 radical (unpaired) electrons. The summed E-state index contributed by atoms with van der Waals surface area (Å²) in [6.07, 6.45) is -5.91. The first-order valence-electron chi connectivity index (χ1n) is 12.9. The van der Waals surface area contributed by atoms with E-state index in [0.717, 1.165) is 43.3 Å². The van der Waals surface area contributed by atoms with Gasteiger partial charge in [0.15, 0.2) is 0 Å². The molecule has 5 rings (SSSR count). The zero-order chi connectivity index (χ0) is 26.4. The van der Waals surface area contributed by atoms with Crippen molar-refractivity contribution in [3.05, 3.63) is 64.7 Å². The van der Waals surface area contributed by atoms with Crippen molar-refractivity contribution in [3.8, 4) is 5.75 Å². The molecule has 3 aliphatic heterocycles.